The summed E-state index contributed by atoms with van der Waals surface area (Å²) >= 11 is 1.36. The molecule has 7 heteroatoms. The van der Waals surface area contributed by atoms with Crippen molar-refractivity contribution in [1.82, 2.24) is 0 Å². The molecule has 0 aliphatic rings. The lowest BCUT2D eigenvalue weighted by Crippen LogP contribution is -2.34. The maximum absolute atomic E-state index is 9.96. The Morgan fingerprint density at radius 3 is 1.87 bits per heavy atom. The standard InChI is InChI=1S/C40H58N6S/c1-9-14-17-32(12-4)27-46(28-33(13-5)18-15-10-2)38-25-29(6)37(24-30(38)7)43-45-40-36(26-41)31(8)39(47-40)44-42-35-22-20-34(21-23-35)19-16-11-3/h20-25,32-33H,9-19,27-28H2,1-8H3. The van der Waals surface area contributed by atoms with E-state index in [1.54, 1.807) is 0 Å². The van der Waals surface area contributed by atoms with Crippen LogP contribution in [0.25, 0.3) is 0 Å². The molecule has 0 aliphatic heterocycles. The first-order valence-corrected chi connectivity index (χ1v) is 18.9. The average Bonchev–Trinajstić information content (AvgIpc) is 3.39. The summed E-state index contributed by atoms with van der Waals surface area (Å²) in [5, 5.41) is 29.4. The molecule has 3 aromatic rings. The van der Waals surface area contributed by atoms with Crippen LogP contribution in [0.15, 0.2) is 56.9 Å². The van der Waals surface area contributed by atoms with E-state index in [0.717, 1.165) is 42.0 Å². The maximum Gasteiger partial charge on any atom is 0.159 e. The molecule has 0 N–H and O–H groups in total. The molecule has 0 fully saturated rings. The molecule has 0 saturated heterocycles. The van der Waals surface area contributed by atoms with Crippen LogP contribution in [0.1, 0.15) is 127 Å². The second-order valence-corrected chi connectivity index (χ2v) is 14.1. The van der Waals surface area contributed by atoms with Gasteiger partial charge in [0.2, 0.25) is 0 Å². The fraction of sp³-hybridized carbons (Fsp3) is 0.575. The topological polar surface area (TPSA) is 76.5 Å². The number of anilines is 1. The molecule has 47 heavy (non-hydrogen) atoms. The van der Waals surface area contributed by atoms with Gasteiger partial charge in [0, 0.05) is 24.3 Å². The molecule has 0 aliphatic carbocycles. The highest BCUT2D eigenvalue weighted by molar-refractivity contribution is 7.19. The van der Waals surface area contributed by atoms with Crippen molar-refractivity contribution in [3.05, 3.63) is 64.2 Å². The van der Waals surface area contributed by atoms with Crippen LogP contribution < -0.4 is 4.90 Å². The third-order valence-electron chi connectivity index (χ3n) is 9.37. The Kier molecular flexibility index (Phi) is 16.3. The normalized spacial score (nSPS) is 13.0. The van der Waals surface area contributed by atoms with Gasteiger partial charge in [-0.2, -0.15) is 5.26 Å². The minimum absolute atomic E-state index is 0.509. The van der Waals surface area contributed by atoms with Gasteiger partial charge in [0.05, 0.1) is 16.9 Å². The lowest BCUT2D eigenvalue weighted by Gasteiger charge is -2.34. The Balaban J connectivity index is 1.86. The summed E-state index contributed by atoms with van der Waals surface area (Å²) in [5.41, 5.74) is 7.88. The maximum atomic E-state index is 9.96. The van der Waals surface area contributed by atoms with Crippen molar-refractivity contribution in [3.8, 4) is 6.07 Å². The largest absolute Gasteiger partial charge is 0.371 e. The van der Waals surface area contributed by atoms with Crippen LogP contribution in [0.2, 0.25) is 0 Å². The van der Waals surface area contributed by atoms with Crippen molar-refractivity contribution in [3.63, 3.8) is 0 Å². The van der Waals surface area contributed by atoms with E-state index < -0.39 is 0 Å². The highest BCUT2D eigenvalue weighted by Gasteiger charge is 2.20. The van der Waals surface area contributed by atoms with Gasteiger partial charge in [-0.25, -0.2) is 0 Å². The average molecular weight is 655 g/mol. The van der Waals surface area contributed by atoms with Crippen LogP contribution in [0.5, 0.6) is 0 Å². The number of nitrogens with zero attached hydrogens (tertiary/aromatic N) is 6. The third kappa shape index (κ3) is 11.4. The van der Waals surface area contributed by atoms with Crippen molar-refractivity contribution in [2.75, 3.05) is 18.0 Å². The SMILES string of the molecule is CCCCc1ccc(N=Nc2sc(N=Nc3cc(C)c(N(CC(CC)CCCC)CC(CC)CCCC)cc3C)c(C#N)c2C)cc1. The lowest BCUT2D eigenvalue weighted by molar-refractivity contribution is 0.403. The molecule has 0 saturated carbocycles. The quantitative estimate of drug-likeness (QED) is 0.114. The fourth-order valence-corrected chi connectivity index (χ4v) is 6.96. The molecule has 0 radical (unpaired) electrons. The molecule has 0 bridgehead atoms. The first kappa shape index (κ1) is 38.1. The smallest absolute Gasteiger partial charge is 0.159 e. The molecule has 2 atom stereocenters. The Hall–Kier alpha value is -3.37. The number of nitriles is 1. The monoisotopic (exact) mass is 654 g/mol. The zero-order valence-corrected chi connectivity index (χ0v) is 31.2. The molecule has 254 valence electrons. The summed E-state index contributed by atoms with van der Waals surface area (Å²) in [7, 11) is 0. The van der Waals surface area contributed by atoms with Gasteiger partial charge in [0.1, 0.15) is 11.1 Å². The van der Waals surface area contributed by atoms with E-state index in [0.29, 0.717) is 27.4 Å². The Morgan fingerprint density at radius 1 is 0.723 bits per heavy atom. The van der Waals surface area contributed by atoms with Gasteiger partial charge < -0.3 is 4.90 Å². The number of aryl methyl sites for hydroxylation is 3. The van der Waals surface area contributed by atoms with Gasteiger partial charge in [-0.3, -0.25) is 0 Å². The van der Waals surface area contributed by atoms with E-state index in [-0.39, 0.29) is 0 Å². The van der Waals surface area contributed by atoms with Crippen LogP contribution in [0.4, 0.5) is 27.1 Å². The molecule has 6 nitrogen and oxygen atoms in total. The van der Waals surface area contributed by atoms with Crippen molar-refractivity contribution >= 4 is 38.4 Å². The molecule has 1 aromatic heterocycles. The Bertz CT molecular complexity index is 1460. The summed E-state index contributed by atoms with van der Waals surface area (Å²) in [6, 6.07) is 15.0. The van der Waals surface area contributed by atoms with Crippen LogP contribution in [-0.4, -0.2) is 13.1 Å². The number of rotatable bonds is 20. The van der Waals surface area contributed by atoms with Crippen molar-refractivity contribution in [2.24, 2.45) is 32.3 Å². The highest BCUT2D eigenvalue weighted by atomic mass is 32.1. The number of benzene rings is 2. The lowest BCUT2D eigenvalue weighted by atomic mass is 9.94. The number of unbranched alkanes of at least 4 members (excludes halogenated alkanes) is 3. The summed E-state index contributed by atoms with van der Waals surface area (Å²) in [6.45, 7) is 19.9. The Morgan fingerprint density at radius 2 is 1.32 bits per heavy atom. The van der Waals surface area contributed by atoms with E-state index >= 15 is 0 Å². The van der Waals surface area contributed by atoms with Crippen LogP contribution in [0.3, 0.4) is 0 Å². The van der Waals surface area contributed by atoms with E-state index in [4.69, 9.17) is 0 Å². The van der Waals surface area contributed by atoms with Gasteiger partial charge in [0.25, 0.3) is 0 Å². The van der Waals surface area contributed by atoms with Gasteiger partial charge in [-0.15, -0.1) is 20.5 Å². The van der Waals surface area contributed by atoms with Crippen molar-refractivity contribution in [2.45, 2.75) is 126 Å². The van der Waals surface area contributed by atoms with Crippen molar-refractivity contribution in [1.29, 1.82) is 5.26 Å². The van der Waals surface area contributed by atoms with Gasteiger partial charge in [-0.05, 0) is 99.2 Å². The van der Waals surface area contributed by atoms with E-state index in [1.165, 1.54) is 92.4 Å². The fourth-order valence-electron chi connectivity index (χ4n) is 6.06. The van der Waals surface area contributed by atoms with Gasteiger partial charge >= 0.3 is 0 Å². The molecule has 0 amide bonds. The zero-order chi connectivity index (χ0) is 34.2. The van der Waals surface area contributed by atoms with Crippen LogP contribution in [-0.2, 0) is 6.42 Å². The third-order valence-corrected chi connectivity index (χ3v) is 10.4. The molecule has 2 aromatic carbocycles. The molecule has 1 heterocycles. The van der Waals surface area contributed by atoms with Crippen LogP contribution >= 0.6 is 11.3 Å². The highest BCUT2D eigenvalue weighted by Crippen LogP contribution is 2.42. The Labute approximate surface area is 289 Å². The number of thiophene rings is 1. The second kappa shape index (κ2) is 20.1. The first-order chi connectivity index (χ1) is 22.8. The summed E-state index contributed by atoms with van der Waals surface area (Å²) in [6.07, 6.45) is 13.5. The summed E-state index contributed by atoms with van der Waals surface area (Å²) in [5.74, 6) is 1.39. The molecule has 3 rings (SSSR count). The first-order valence-electron chi connectivity index (χ1n) is 18.1. The predicted octanol–water partition coefficient (Wildman–Crippen LogP) is 14.0. The molecule has 2 unspecified atom stereocenters. The van der Waals surface area contributed by atoms with Gasteiger partial charge in [0.15, 0.2) is 5.00 Å². The van der Waals surface area contributed by atoms with Gasteiger partial charge in [-0.1, -0.05) is 103 Å². The minimum Gasteiger partial charge on any atom is -0.371 e. The second-order valence-electron chi connectivity index (χ2n) is 13.2. The molecule has 0 spiro atoms. The predicted molar refractivity (Wildman–Crippen MR) is 202 cm³/mol. The van der Waals surface area contributed by atoms with E-state index in [2.05, 4.69) is 104 Å². The number of azo groups is 2. The van der Waals surface area contributed by atoms with Crippen LogP contribution in [0, 0.1) is 43.9 Å². The zero-order valence-electron chi connectivity index (χ0n) is 30.4. The van der Waals surface area contributed by atoms with E-state index in [9.17, 15) is 5.26 Å². The molecular formula is C40H58N6S. The van der Waals surface area contributed by atoms with Crippen molar-refractivity contribution < 1.29 is 0 Å². The number of hydrogen-bond acceptors (Lipinski definition) is 7. The van der Waals surface area contributed by atoms with E-state index in [1.807, 2.05) is 19.1 Å². The summed E-state index contributed by atoms with van der Waals surface area (Å²) < 4.78 is 0. The minimum atomic E-state index is 0.509. The molecular weight excluding hydrogens is 597 g/mol. The summed E-state index contributed by atoms with van der Waals surface area (Å²) in [4.78, 5) is 2.67. The number of hydrogen-bond donors (Lipinski definition) is 0.